The number of carbonyl (C=O) groups is 2. The molecule has 1 fully saturated rings. The van der Waals surface area contributed by atoms with Crippen LogP contribution >= 0.6 is 22.9 Å². The molecule has 3 aromatic rings. The highest BCUT2D eigenvalue weighted by atomic mass is 35.5. The summed E-state index contributed by atoms with van der Waals surface area (Å²) in [6.07, 6.45) is -3.97. The summed E-state index contributed by atoms with van der Waals surface area (Å²) in [5, 5.41) is 13.0. The molecule has 4 rings (SSSR count). The number of nitrogens with zero attached hydrogens (tertiary/aromatic N) is 2. The van der Waals surface area contributed by atoms with E-state index in [2.05, 4.69) is 53.5 Å². The number of alkyl halides is 3. The number of thiophene rings is 1. The van der Waals surface area contributed by atoms with Crippen LogP contribution in [0.5, 0.6) is 0 Å². The zero-order valence-electron chi connectivity index (χ0n) is 21.0. The van der Waals surface area contributed by atoms with E-state index in [0.717, 1.165) is 42.1 Å². The van der Waals surface area contributed by atoms with Crippen molar-refractivity contribution in [2.75, 3.05) is 38.6 Å². The molecule has 0 spiro atoms. The maximum Gasteiger partial charge on any atom is 0.490 e. The number of rotatable bonds is 7. The lowest BCUT2D eigenvalue weighted by atomic mass is 10.1. The van der Waals surface area contributed by atoms with Crippen molar-refractivity contribution in [2.45, 2.75) is 19.1 Å². The van der Waals surface area contributed by atoms with Gasteiger partial charge in [0.05, 0.1) is 4.88 Å². The van der Waals surface area contributed by atoms with Crippen LogP contribution in [0.4, 0.5) is 18.9 Å². The molecular formula is C27H29ClF3N3O3S. The van der Waals surface area contributed by atoms with Gasteiger partial charge in [0.15, 0.2) is 0 Å². The molecule has 0 radical (unpaired) electrons. The van der Waals surface area contributed by atoms with E-state index in [1.54, 1.807) is 0 Å². The number of nitrogens with one attached hydrogen (secondary N) is 1. The van der Waals surface area contributed by atoms with E-state index in [1.807, 2.05) is 35.7 Å². The number of anilines is 1. The Bertz CT molecular complexity index is 1230. The van der Waals surface area contributed by atoms with Gasteiger partial charge in [-0.1, -0.05) is 41.9 Å². The monoisotopic (exact) mass is 567 g/mol. The Hall–Kier alpha value is -3.08. The summed E-state index contributed by atoms with van der Waals surface area (Å²) in [4.78, 5) is 26.9. The Kier molecular flexibility index (Phi) is 10.2. The molecule has 38 heavy (non-hydrogen) atoms. The average molecular weight is 568 g/mol. The van der Waals surface area contributed by atoms with Crippen molar-refractivity contribution in [1.29, 1.82) is 0 Å². The minimum absolute atomic E-state index is 0.000952. The van der Waals surface area contributed by atoms with E-state index < -0.39 is 12.1 Å². The molecule has 2 heterocycles. The highest BCUT2D eigenvalue weighted by Crippen LogP contribution is 2.31. The third-order valence-electron chi connectivity index (χ3n) is 6.03. The van der Waals surface area contributed by atoms with Crippen LogP contribution in [0, 0.1) is 5.92 Å². The van der Waals surface area contributed by atoms with Crippen molar-refractivity contribution in [2.24, 2.45) is 5.92 Å². The third-order valence-corrected chi connectivity index (χ3v) is 7.29. The van der Waals surface area contributed by atoms with Crippen LogP contribution in [0.15, 0.2) is 60.0 Å². The number of halogens is 4. The van der Waals surface area contributed by atoms with Crippen LogP contribution in [-0.4, -0.2) is 61.8 Å². The van der Waals surface area contributed by atoms with E-state index in [4.69, 9.17) is 21.5 Å². The summed E-state index contributed by atoms with van der Waals surface area (Å²) >= 11 is 7.75. The van der Waals surface area contributed by atoms with Gasteiger partial charge in [-0.3, -0.25) is 9.69 Å². The average Bonchev–Trinajstić information content (AvgIpc) is 3.53. The molecule has 1 aromatic heterocycles. The topological polar surface area (TPSA) is 72.9 Å². The molecule has 2 N–H and O–H groups in total. The predicted molar refractivity (Wildman–Crippen MR) is 145 cm³/mol. The number of carboxylic acids is 1. The number of carbonyl (C=O) groups excluding carboxylic acids is 1. The molecule has 0 aliphatic carbocycles. The predicted octanol–water partition coefficient (Wildman–Crippen LogP) is 6.02. The van der Waals surface area contributed by atoms with Crippen molar-refractivity contribution in [1.82, 2.24) is 10.2 Å². The molecule has 6 nitrogen and oxygen atoms in total. The van der Waals surface area contributed by atoms with E-state index >= 15 is 0 Å². The second-order valence-electron chi connectivity index (χ2n) is 9.14. The molecule has 204 valence electrons. The molecule has 0 saturated carbocycles. The van der Waals surface area contributed by atoms with Crippen molar-refractivity contribution >= 4 is 40.5 Å². The second kappa shape index (κ2) is 13.1. The molecule has 1 aliphatic heterocycles. The SMILES string of the molecule is CN(C)c1ccc(CN2CCC(CNC(=O)c3cc(-c4ccccc4Cl)cs3)C2)cc1.O=C(O)C(F)(F)F. The number of carboxylic acid groups (broad SMARTS) is 1. The van der Waals surface area contributed by atoms with Crippen LogP contribution < -0.4 is 10.2 Å². The lowest BCUT2D eigenvalue weighted by molar-refractivity contribution is -0.192. The van der Waals surface area contributed by atoms with Gasteiger partial charge in [0.1, 0.15) is 0 Å². The zero-order valence-corrected chi connectivity index (χ0v) is 22.5. The summed E-state index contributed by atoms with van der Waals surface area (Å²) in [6, 6.07) is 18.4. The van der Waals surface area contributed by atoms with E-state index in [0.29, 0.717) is 17.5 Å². The van der Waals surface area contributed by atoms with Gasteiger partial charge in [0, 0.05) is 50.0 Å². The van der Waals surface area contributed by atoms with E-state index in [1.165, 1.54) is 22.6 Å². The molecule has 2 aromatic carbocycles. The fourth-order valence-corrected chi connectivity index (χ4v) is 5.06. The Labute approximate surface area is 228 Å². The fraction of sp³-hybridized carbons (Fsp3) is 0.333. The Morgan fingerprint density at radius 1 is 1.16 bits per heavy atom. The molecule has 1 aliphatic rings. The maximum absolute atomic E-state index is 12.6. The van der Waals surface area contributed by atoms with Gasteiger partial charge in [-0.15, -0.1) is 11.3 Å². The lowest BCUT2D eigenvalue weighted by Gasteiger charge is -2.18. The first-order valence-corrected chi connectivity index (χ1v) is 13.1. The Balaban J connectivity index is 0.000000505. The highest BCUT2D eigenvalue weighted by Gasteiger charge is 2.38. The van der Waals surface area contributed by atoms with Gasteiger partial charge in [-0.2, -0.15) is 13.2 Å². The third kappa shape index (κ3) is 8.47. The van der Waals surface area contributed by atoms with Gasteiger partial charge in [0.2, 0.25) is 0 Å². The number of aliphatic carboxylic acids is 1. The molecule has 0 bridgehead atoms. The zero-order chi connectivity index (χ0) is 27.9. The van der Waals surface area contributed by atoms with Crippen LogP contribution in [0.2, 0.25) is 5.02 Å². The largest absolute Gasteiger partial charge is 0.490 e. The van der Waals surface area contributed by atoms with Crippen molar-refractivity contribution in [3.05, 3.63) is 75.4 Å². The van der Waals surface area contributed by atoms with Crippen LogP contribution in [-0.2, 0) is 11.3 Å². The standard InChI is InChI=1S/C25H28ClN3OS.C2HF3O2/c1-28(2)21-9-7-18(8-10-21)15-29-12-11-19(16-29)14-27-25(30)24-13-20(17-31-24)22-5-3-4-6-23(22)26;3-2(4,5)1(6)7/h3-10,13,17,19H,11-12,14-16H2,1-2H3,(H,27,30);(H,6,7). The summed E-state index contributed by atoms with van der Waals surface area (Å²) in [6.45, 7) is 3.77. The first-order valence-electron chi connectivity index (χ1n) is 11.8. The summed E-state index contributed by atoms with van der Waals surface area (Å²) in [5.41, 5.74) is 4.51. The summed E-state index contributed by atoms with van der Waals surface area (Å²) < 4.78 is 31.7. The first-order chi connectivity index (χ1) is 17.9. The van der Waals surface area contributed by atoms with Crippen molar-refractivity contribution < 1.29 is 27.9 Å². The number of benzene rings is 2. The summed E-state index contributed by atoms with van der Waals surface area (Å²) in [5.74, 6) is -2.26. The Morgan fingerprint density at radius 3 is 2.42 bits per heavy atom. The molecule has 1 amide bonds. The Morgan fingerprint density at radius 2 is 1.82 bits per heavy atom. The minimum Gasteiger partial charge on any atom is -0.475 e. The highest BCUT2D eigenvalue weighted by molar-refractivity contribution is 7.12. The van der Waals surface area contributed by atoms with Gasteiger partial charge in [0.25, 0.3) is 5.91 Å². The molecule has 1 atom stereocenters. The van der Waals surface area contributed by atoms with Gasteiger partial charge in [-0.05, 0) is 59.7 Å². The maximum atomic E-state index is 12.6. The van der Waals surface area contributed by atoms with E-state index in [-0.39, 0.29) is 5.91 Å². The van der Waals surface area contributed by atoms with Gasteiger partial charge >= 0.3 is 12.1 Å². The fourth-order valence-electron chi connectivity index (χ4n) is 4.00. The van der Waals surface area contributed by atoms with Crippen LogP contribution in [0.3, 0.4) is 0 Å². The van der Waals surface area contributed by atoms with Crippen molar-refractivity contribution in [3.63, 3.8) is 0 Å². The number of hydrogen-bond acceptors (Lipinski definition) is 5. The second-order valence-corrected chi connectivity index (χ2v) is 10.5. The number of likely N-dealkylation sites (tertiary alicyclic amines) is 1. The molecule has 1 saturated heterocycles. The lowest BCUT2D eigenvalue weighted by Crippen LogP contribution is -2.30. The minimum atomic E-state index is -5.08. The quantitative estimate of drug-likeness (QED) is 0.365. The van der Waals surface area contributed by atoms with E-state index in [9.17, 15) is 18.0 Å². The molecule has 1 unspecified atom stereocenters. The van der Waals surface area contributed by atoms with Crippen LogP contribution in [0.25, 0.3) is 11.1 Å². The molecular weight excluding hydrogens is 539 g/mol. The smallest absolute Gasteiger partial charge is 0.475 e. The summed E-state index contributed by atoms with van der Waals surface area (Å²) in [7, 11) is 4.12. The van der Waals surface area contributed by atoms with Gasteiger partial charge in [-0.25, -0.2) is 4.79 Å². The first kappa shape index (κ1) is 29.5. The number of hydrogen-bond donors (Lipinski definition) is 2. The van der Waals surface area contributed by atoms with Gasteiger partial charge < -0.3 is 15.3 Å². The van der Waals surface area contributed by atoms with Crippen molar-refractivity contribution in [3.8, 4) is 11.1 Å². The van der Waals surface area contributed by atoms with Crippen LogP contribution in [0.1, 0.15) is 21.7 Å². The normalized spacial score (nSPS) is 15.5. The molecule has 11 heteroatoms. The number of amides is 1.